The third-order valence-electron chi connectivity index (χ3n) is 3.83. The molecule has 0 atom stereocenters. The Bertz CT molecular complexity index is 802. The molecule has 3 rings (SSSR count). The number of benzene rings is 2. The molecule has 1 aromatic heterocycles. The molecule has 0 aliphatic rings. The van der Waals surface area contributed by atoms with Crippen LogP contribution in [0.15, 0.2) is 54.7 Å². The fraction of sp³-hybridized carbons (Fsp3) is 0.211. The second-order valence-electron chi connectivity index (χ2n) is 5.49. The number of Topliss-reactive ketones (excluding diaryl/α,β-unsaturated/α-hetero) is 1. The molecule has 0 saturated carbocycles. The number of para-hydroxylation sites is 1. The van der Waals surface area contributed by atoms with Crippen molar-refractivity contribution >= 4 is 16.7 Å². The lowest BCUT2D eigenvalue weighted by Gasteiger charge is -2.05. The molecule has 3 aromatic rings. The van der Waals surface area contributed by atoms with Crippen molar-refractivity contribution in [2.75, 3.05) is 0 Å². The summed E-state index contributed by atoms with van der Waals surface area (Å²) < 4.78 is 15.1. The number of rotatable bonds is 5. The Morgan fingerprint density at radius 3 is 2.55 bits per heavy atom. The maximum absolute atomic E-state index is 13.0. The molecule has 22 heavy (non-hydrogen) atoms. The van der Waals surface area contributed by atoms with Crippen molar-refractivity contribution in [3.8, 4) is 0 Å². The fourth-order valence-corrected chi connectivity index (χ4v) is 2.75. The highest BCUT2D eigenvalue weighted by Crippen LogP contribution is 2.24. The number of carbonyl (C=O) groups is 1. The van der Waals surface area contributed by atoms with E-state index in [0.717, 1.165) is 28.5 Å². The van der Waals surface area contributed by atoms with E-state index in [1.807, 2.05) is 37.4 Å². The fourth-order valence-electron chi connectivity index (χ4n) is 2.75. The third kappa shape index (κ3) is 2.80. The smallest absolute Gasteiger partial charge is 0.165 e. The highest BCUT2D eigenvalue weighted by Gasteiger charge is 2.14. The molecular weight excluding hydrogens is 277 g/mol. The standard InChI is InChI=1S/C19H18FNO/c1-2-5-19(22)17-13-21(18-7-4-3-6-16(17)18)12-14-8-10-15(20)11-9-14/h3-4,6-11,13H,2,5,12H2,1H3. The highest BCUT2D eigenvalue weighted by atomic mass is 19.1. The quantitative estimate of drug-likeness (QED) is 0.619. The topological polar surface area (TPSA) is 22.0 Å². The molecule has 0 unspecified atom stereocenters. The Hall–Kier alpha value is -2.42. The first-order valence-electron chi connectivity index (χ1n) is 7.54. The minimum absolute atomic E-state index is 0.177. The molecule has 2 aromatic carbocycles. The SMILES string of the molecule is CCCC(=O)c1cn(Cc2ccc(F)cc2)c2ccccc12. The number of halogens is 1. The number of hydrogen-bond donors (Lipinski definition) is 0. The van der Waals surface area contributed by atoms with Crippen LogP contribution in [0.2, 0.25) is 0 Å². The van der Waals surface area contributed by atoms with E-state index < -0.39 is 0 Å². The van der Waals surface area contributed by atoms with Crippen molar-refractivity contribution in [1.82, 2.24) is 4.57 Å². The first-order valence-corrected chi connectivity index (χ1v) is 7.54. The van der Waals surface area contributed by atoms with E-state index in [0.29, 0.717) is 13.0 Å². The van der Waals surface area contributed by atoms with Gasteiger partial charge in [-0.15, -0.1) is 0 Å². The van der Waals surface area contributed by atoms with E-state index >= 15 is 0 Å². The third-order valence-corrected chi connectivity index (χ3v) is 3.83. The summed E-state index contributed by atoms with van der Waals surface area (Å²) in [5.41, 5.74) is 2.82. The Kier molecular flexibility index (Phi) is 4.05. The summed E-state index contributed by atoms with van der Waals surface area (Å²) >= 11 is 0. The number of nitrogens with zero attached hydrogens (tertiary/aromatic N) is 1. The predicted molar refractivity (Wildman–Crippen MR) is 86.7 cm³/mol. The van der Waals surface area contributed by atoms with E-state index in [9.17, 15) is 9.18 Å². The number of carbonyl (C=O) groups excluding carboxylic acids is 1. The molecule has 0 saturated heterocycles. The molecule has 0 fully saturated rings. The predicted octanol–water partition coefficient (Wildman–Crippen LogP) is 4.81. The monoisotopic (exact) mass is 295 g/mol. The number of aromatic nitrogens is 1. The number of hydrogen-bond acceptors (Lipinski definition) is 1. The molecule has 0 N–H and O–H groups in total. The van der Waals surface area contributed by atoms with E-state index in [1.165, 1.54) is 12.1 Å². The van der Waals surface area contributed by atoms with Crippen LogP contribution in [0.5, 0.6) is 0 Å². The van der Waals surface area contributed by atoms with Crippen LogP contribution in [-0.2, 0) is 6.54 Å². The van der Waals surface area contributed by atoms with Gasteiger partial charge in [-0.1, -0.05) is 37.3 Å². The van der Waals surface area contributed by atoms with E-state index in [-0.39, 0.29) is 11.6 Å². The van der Waals surface area contributed by atoms with Crippen LogP contribution in [0.25, 0.3) is 10.9 Å². The first-order chi connectivity index (χ1) is 10.7. The van der Waals surface area contributed by atoms with Crippen molar-refractivity contribution < 1.29 is 9.18 Å². The average molecular weight is 295 g/mol. The zero-order valence-electron chi connectivity index (χ0n) is 12.6. The summed E-state index contributed by atoms with van der Waals surface area (Å²) in [5, 5.41) is 0.989. The second kappa shape index (κ2) is 6.14. The molecule has 1 heterocycles. The van der Waals surface area contributed by atoms with Crippen LogP contribution in [0.1, 0.15) is 35.7 Å². The Morgan fingerprint density at radius 1 is 1.09 bits per heavy atom. The maximum Gasteiger partial charge on any atom is 0.165 e. The van der Waals surface area contributed by atoms with Crippen molar-refractivity contribution in [2.45, 2.75) is 26.3 Å². The average Bonchev–Trinajstić information content (AvgIpc) is 2.89. The normalized spacial score (nSPS) is 11.0. The largest absolute Gasteiger partial charge is 0.342 e. The molecule has 3 heteroatoms. The van der Waals surface area contributed by atoms with Crippen molar-refractivity contribution in [2.24, 2.45) is 0 Å². The Labute approximate surface area is 129 Å². The van der Waals surface area contributed by atoms with Gasteiger partial charge >= 0.3 is 0 Å². The van der Waals surface area contributed by atoms with Gasteiger partial charge in [0.15, 0.2) is 5.78 Å². The lowest BCUT2D eigenvalue weighted by molar-refractivity contribution is 0.0983. The van der Waals surface area contributed by atoms with Crippen LogP contribution in [0, 0.1) is 5.82 Å². The van der Waals surface area contributed by atoms with Gasteiger partial charge in [0.2, 0.25) is 0 Å². The summed E-state index contributed by atoms with van der Waals surface area (Å²) in [5.74, 6) is -0.0588. The Morgan fingerprint density at radius 2 is 1.82 bits per heavy atom. The van der Waals surface area contributed by atoms with Crippen LogP contribution in [0.4, 0.5) is 4.39 Å². The molecule has 112 valence electrons. The van der Waals surface area contributed by atoms with E-state index in [4.69, 9.17) is 0 Å². The molecule has 0 aliphatic heterocycles. The molecule has 0 aliphatic carbocycles. The second-order valence-corrected chi connectivity index (χ2v) is 5.49. The summed E-state index contributed by atoms with van der Waals surface area (Å²) in [6, 6.07) is 14.4. The van der Waals surface area contributed by atoms with Gasteiger partial charge in [-0.25, -0.2) is 4.39 Å². The van der Waals surface area contributed by atoms with Gasteiger partial charge in [0, 0.05) is 35.6 Å². The zero-order valence-corrected chi connectivity index (χ0v) is 12.6. The van der Waals surface area contributed by atoms with Crippen LogP contribution < -0.4 is 0 Å². The minimum atomic E-state index is -0.236. The zero-order chi connectivity index (χ0) is 15.5. The van der Waals surface area contributed by atoms with Crippen molar-refractivity contribution in [1.29, 1.82) is 0 Å². The maximum atomic E-state index is 13.0. The highest BCUT2D eigenvalue weighted by molar-refractivity contribution is 6.08. The first kappa shape index (κ1) is 14.5. The molecule has 0 spiro atoms. The number of ketones is 1. The van der Waals surface area contributed by atoms with E-state index in [1.54, 1.807) is 12.1 Å². The van der Waals surface area contributed by atoms with E-state index in [2.05, 4.69) is 4.57 Å². The number of fused-ring (bicyclic) bond motifs is 1. The van der Waals surface area contributed by atoms with Crippen LogP contribution in [-0.4, -0.2) is 10.4 Å². The molecular formula is C19H18FNO. The van der Waals surface area contributed by atoms with Crippen LogP contribution in [0.3, 0.4) is 0 Å². The molecule has 2 nitrogen and oxygen atoms in total. The lowest BCUT2D eigenvalue weighted by atomic mass is 10.1. The summed E-state index contributed by atoms with van der Waals surface area (Å²) in [6.45, 7) is 2.63. The summed E-state index contributed by atoms with van der Waals surface area (Å²) in [6.07, 6.45) is 3.33. The Balaban J connectivity index is 2.02. The van der Waals surface area contributed by atoms with Crippen molar-refractivity contribution in [3.05, 3.63) is 71.7 Å². The van der Waals surface area contributed by atoms with Gasteiger partial charge in [-0.3, -0.25) is 4.79 Å². The van der Waals surface area contributed by atoms with Gasteiger partial charge in [-0.2, -0.15) is 0 Å². The summed E-state index contributed by atoms with van der Waals surface area (Å²) in [7, 11) is 0. The summed E-state index contributed by atoms with van der Waals surface area (Å²) in [4.78, 5) is 12.3. The molecule has 0 bridgehead atoms. The van der Waals surface area contributed by atoms with Gasteiger partial charge in [0.05, 0.1) is 0 Å². The molecule has 0 radical (unpaired) electrons. The van der Waals surface area contributed by atoms with Crippen molar-refractivity contribution in [3.63, 3.8) is 0 Å². The minimum Gasteiger partial charge on any atom is -0.342 e. The van der Waals surface area contributed by atoms with Gasteiger partial charge < -0.3 is 4.57 Å². The lowest BCUT2D eigenvalue weighted by Crippen LogP contribution is -1.99. The van der Waals surface area contributed by atoms with Gasteiger partial charge in [0.25, 0.3) is 0 Å². The van der Waals surface area contributed by atoms with Gasteiger partial charge in [0.1, 0.15) is 5.82 Å². The molecule has 0 amide bonds. The van der Waals surface area contributed by atoms with Crippen LogP contribution >= 0.6 is 0 Å². The van der Waals surface area contributed by atoms with Gasteiger partial charge in [-0.05, 0) is 30.2 Å².